The maximum atomic E-state index is 12.4. The van der Waals surface area contributed by atoms with Gasteiger partial charge in [0.1, 0.15) is 12.3 Å². The number of thioether (sulfide) groups is 1. The van der Waals surface area contributed by atoms with Crippen LogP contribution in [0.4, 0.5) is 4.79 Å². The lowest BCUT2D eigenvalue weighted by Crippen LogP contribution is -2.34. The van der Waals surface area contributed by atoms with Gasteiger partial charge in [0.25, 0.3) is 11.1 Å². The minimum Gasteiger partial charge on any atom is -0.481 e. The molecule has 1 saturated heterocycles. The Hall–Kier alpha value is -2.33. The molecule has 26 heavy (non-hydrogen) atoms. The van der Waals surface area contributed by atoms with Crippen LogP contribution in [0.25, 0.3) is 6.08 Å². The Bertz CT molecular complexity index is 793. The molecule has 0 radical (unpaired) electrons. The second-order valence-electron chi connectivity index (χ2n) is 4.94. The molecule has 10 heteroatoms. The van der Waals surface area contributed by atoms with Gasteiger partial charge in [-0.1, -0.05) is 15.9 Å². The summed E-state index contributed by atoms with van der Waals surface area (Å²) in [6.07, 6.45) is 1.41. The highest BCUT2D eigenvalue weighted by Crippen LogP contribution is 2.34. The molecule has 2 amide bonds. The van der Waals surface area contributed by atoms with Crippen LogP contribution in [-0.4, -0.2) is 52.8 Å². The summed E-state index contributed by atoms with van der Waals surface area (Å²) < 4.78 is 10.6. The monoisotopic (exact) mass is 443 g/mol. The second kappa shape index (κ2) is 8.86. The van der Waals surface area contributed by atoms with E-state index in [1.807, 2.05) is 0 Å². The van der Waals surface area contributed by atoms with Gasteiger partial charge in [-0.3, -0.25) is 19.3 Å². The van der Waals surface area contributed by atoms with Gasteiger partial charge in [0.05, 0.1) is 11.5 Å². The van der Waals surface area contributed by atoms with Gasteiger partial charge in [0.15, 0.2) is 6.61 Å². The van der Waals surface area contributed by atoms with Gasteiger partial charge in [-0.2, -0.15) is 0 Å². The second-order valence-corrected chi connectivity index (χ2v) is 6.85. The largest absolute Gasteiger partial charge is 0.481 e. The molecule has 1 aliphatic rings. The Morgan fingerprint density at radius 3 is 2.73 bits per heavy atom. The van der Waals surface area contributed by atoms with Gasteiger partial charge >= 0.3 is 11.9 Å². The van der Waals surface area contributed by atoms with Crippen molar-refractivity contribution in [1.82, 2.24) is 4.90 Å². The number of carboxylic acid groups (broad SMARTS) is 1. The average molecular weight is 444 g/mol. The highest BCUT2D eigenvalue weighted by Gasteiger charge is 2.36. The number of amides is 2. The number of nitrogens with zero attached hydrogens (tertiary/aromatic N) is 1. The Labute approximate surface area is 161 Å². The van der Waals surface area contributed by atoms with Crippen LogP contribution in [0.5, 0.6) is 5.75 Å². The Balaban J connectivity index is 2.25. The summed E-state index contributed by atoms with van der Waals surface area (Å²) in [6, 6.07) is 4.82. The fourth-order valence-electron chi connectivity index (χ4n) is 2.02. The summed E-state index contributed by atoms with van der Waals surface area (Å²) in [4.78, 5) is 47.5. The number of imide groups is 1. The van der Waals surface area contributed by atoms with Gasteiger partial charge < -0.3 is 14.6 Å². The molecule has 1 aliphatic heterocycles. The third-order valence-corrected chi connectivity index (χ3v) is 4.48. The molecule has 1 aromatic carbocycles. The van der Waals surface area contributed by atoms with Crippen LogP contribution in [0.2, 0.25) is 0 Å². The minimum atomic E-state index is -1.14. The maximum Gasteiger partial charge on any atom is 0.341 e. The van der Waals surface area contributed by atoms with Crippen molar-refractivity contribution in [3.63, 3.8) is 0 Å². The fourth-order valence-corrected chi connectivity index (χ4v) is 3.22. The van der Waals surface area contributed by atoms with E-state index in [1.165, 1.54) is 6.08 Å². The third kappa shape index (κ3) is 5.09. The van der Waals surface area contributed by atoms with Crippen molar-refractivity contribution in [3.8, 4) is 5.75 Å². The van der Waals surface area contributed by atoms with Crippen molar-refractivity contribution >= 4 is 56.9 Å². The highest BCUT2D eigenvalue weighted by molar-refractivity contribution is 9.10. The lowest BCUT2D eigenvalue weighted by atomic mass is 10.2. The van der Waals surface area contributed by atoms with Crippen LogP contribution in [-0.2, 0) is 19.1 Å². The maximum absolute atomic E-state index is 12.4. The first kappa shape index (κ1) is 20.0. The van der Waals surface area contributed by atoms with Crippen LogP contribution >= 0.6 is 27.7 Å². The lowest BCUT2D eigenvalue weighted by Gasteiger charge is -2.11. The summed E-state index contributed by atoms with van der Waals surface area (Å²) in [5.41, 5.74) is 0.419. The molecule has 0 bridgehead atoms. The molecular formula is C16H14BrNO7S. The van der Waals surface area contributed by atoms with E-state index >= 15 is 0 Å². The molecule has 0 spiro atoms. The quantitative estimate of drug-likeness (QED) is 0.505. The molecule has 0 aliphatic carbocycles. The summed E-state index contributed by atoms with van der Waals surface area (Å²) in [7, 11) is 0. The Kier molecular flexibility index (Phi) is 6.81. The number of esters is 1. The number of carboxylic acids is 1. The van der Waals surface area contributed by atoms with Gasteiger partial charge in [-0.05, 0) is 43.0 Å². The van der Waals surface area contributed by atoms with Gasteiger partial charge in [0, 0.05) is 10.0 Å². The zero-order valence-corrected chi connectivity index (χ0v) is 16.0. The van der Waals surface area contributed by atoms with Gasteiger partial charge in [-0.15, -0.1) is 0 Å². The van der Waals surface area contributed by atoms with E-state index in [-0.39, 0.29) is 17.3 Å². The summed E-state index contributed by atoms with van der Waals surface area (Å²) in [6.45, 7) is 0.758. The van der Waals surface area contributed by atoms with Crippen molar-refractivity contribution in [2.45, 2.75) is 6.92 Å². The normalized spacial score (nSPS) is 15.5. The molecule has 0 unspecified atom stereocenters. The third-order valence-electron chi connectivity index (χ3n) is 3.08. The summed E-state index contributed by atoms with van der Waals surface area (Å²) >= 11 is 3.96. The molecule has 0 atom stereocenters. The predicted octanol–water partition coefficient (Wildman–Crippen LogP) is 2.51. The van der Waals surface area contributed by atoms with E-state index < -0.39 is 36.2 Å². The predicted molar refractivity (Wildman–Crippen MR) is 96.6 cm³/mol. The van der Waals surface area contributed by atoms with E-state index in [2.05, 4.69) is 15.9 Å². The van der Waals surface area contributed by atoms with Crippen molar-refractivity contribution in [2.24, 2.45) is 0 Å². The first-order chi connectivity index (χ1) is 12.3. The summed E-state index contributed by atoms with van der Waals surface area (Å²) in [5.74, 6) is -2.21. The molecule has 1 aromatic rings. The number of hydrogen-bond donors (Lipinski definition) is 1. The van der Waals surface area contributed by atoms with Crippen LogP contribution in [0.15, 0.2) is 27.6 Å². The van der Waals surface area contributed by atoms with Crippen LogP contribution in [0.3, 0.4) is 0 Å². The molecule has 0 saturated carbocycles. The molecule has 1 heterocycles. The SMILES string of the molecule is CCOC(=O)CN1C(=O)S/C(=C\c2cc(Br)ccc2OCC(=O)O)C1=O. The molecule has 1 fully saturated rings. The standard InChI is InChI=1S/C16H14BrNO7S/c1-2-24-14(21)7-18-15(22)12(26-16(18)23)6-9-5-10(17)3-4-11(9)25-8-13(19)20/h3-6H,2,7-8H2,1H3,(H,19,20)/b12-6-. The average Bonchev–Trinajstić information content (AvgIpc) is 2.82. The number of carbonyl (C=O) groups excluding carboxylic acids is 3. The zero-order chi connectivity index (χ0) is 19.3. The minimum absolute atomic E-state index is 0.0950. The fraction of sp³-hybridized carbons (Fsp3) is 0.250. The molecule has 138 valence electrons. The van der Waals surface area contributed by atoms with Crippen molar-refractivity contribution in [1.29, 1.82) is 0 Å². The van der Waals surface area contributed by atoms with Crippen molar-refractivity contribution in [3.05, 3.63) is 33.1 Å². The molecule has 0 aromatic heterocycles. The van der Waals surface area contributed by atoms with Gasteiger partial charge in [0.2, 0.25) is 0 Å². The summed E-state index contributed by atoms with van der Waals surface area (Å²) in [5, 5.41) is 8.15. The first-order valence-electron chi connectivity index (χ1n) is 7.37. The van der Waals surface area contributed by atoms with E-state index in [0.29, 0.717) is 21.8 Å². The van der Waals surface area contributed by atoms with E-state index in [4.69, 9.17) is 14.6 Å². The van der Waals surface area contributed by atoms with Crippen molar-refractivity contribution < 1.29 is 33.8 Å². The zero-order valence-electron chi connectivity index (χ0n) is 13.6. The number of ether oxygens (including phenoxy) is 2. The number of carbonyl (C=O) groups is 4. The Morgan fingerprint density at radius 1 is 1.35 bits per heavy atom. The van der Waals surface area contributed by atoms with Crippen LogP contribution < -0.4 is 4.74 Å². The lowest BCUT2D eigenvalue weighted by molar-refractivity contribution is -0.146. The number of aliphatic carboxylic acids is 1. The number of benzene rings is 1. The number of halogens is 1. The van der Waals surface area contributed by atoms with Crippen molar-refractivity contribution in [2.75, 3.05) is 19.8 Å². The molecule has 1 N–H and O–H groups in total. The van der Waals surface area contributed by atoms with Crippen LogP contribution in [0.1, 0.15) is 12.5 Å². The van der Waals surface area contributed by atoms with Crippen LogP contribution in [0, 0.1) is 0 Å². The Morgan fingerprint density at radius 2 is 2.08 bits per heavy atom. The number of hydrogen-bond acceptors (Lipinski definition) is 7. The molecular weight excluding hydrogens is 430 g/mol. The topological polar surface area (TPSA) is 110 Å². The van der Waals surface area contributed by atoms with E-state index in [1.54, 1.807) is 25.1 Å². The van der Waals surface area contributed by atoms with E-state index in [0.717, 1.165) is 4.90 Å². The molecule has 8 nitrogen and oxygen atoms in total. The first-order valence-corrected chi connectivity index (χ1v) is 8.98. The highest BCUT2D eigenvalue weighted by atomic mass is 79.9. The smallest absolute Gasteiger partial charge is 0.341 e. The number of rotatable bonds is 7. The van der Waals surface area contributed by atoms with Gasteiger partial charge in [-0.25, -0.2) is 4.79 Å². The molecule has 2 rings (SSSR count). The van der Waals surface area contributed by atoms with E-state index in [9.17, 15) is 19.2 Å².